The van der Waals surface area contributed by atoms with Crippen molar-refractivity contribution >= 4 is 23.4 Å². The number of rotatable bonds is 8. The lowest BCUT2D eigenvalue weighted by atomic mass is 10.1. The lowest BCUT2D eigenvalue weighted by Crippen LogP contribution is -2.23. The zero-order chi connectivity index (χ0) is 21.7. The molecule has 1 amide bonds. The normalized spacial score (nSPS) is 10.8. The Morgan fingerprint density at radius 1 is 1.00 bits per heavy atom. The van der Waals surface area contributed by atoms with Gasteiger partial charge in [0.2, 0.25) is 5.91 Å². The lowest BCUT2D eigenvalue weighted by molar-refractivity contribution is -0.125. The van der Waals surface area contributed by atoms with Gasteiger partial charge in [-0.25, -0.2) is 0 Å². The molecule has 0 saturated carbocycles. The number of hydrogen-bond acceptors (Lipinski definition) is 5. The van der Waals surface area contributed by atoms with Gasteiger partial charge in [-0.15, -0.1) is 10.2 Å². The maximum Gasteiger partial charge on any atom is 0.232 e. The second kappa shape index (κ2) is 9.80. The fraction of sp³-hybridized carbons (Fsp3) is 0.348. The third-order valence-electron chi connectivity index (χ3n) is 5.07. The van der Waals surface area contributed by atoms with E-state index in [0.717, 1.165) is 35.7 Å². The van der Waals surface area contributed by atoms with Crippen LogP contribution in [0.3, 0.4) is 0 Å². The molecule has 3 rings (SSSR count). The molecule has 0 saturated heterocycles. The van der Waals surface area contributed by atoms with Gasteiger partial charge in [0.15, 0.2) is 11.0 Å². The predicted octanol–water partition coefficient (Wildman–Crippen LogP) is 4.27. The van der Waals surface area contributed by atoms with E-state index in [1.54, 1.807) is 19.0 Å². The van der Waals surface area contributed by atoms with Gasteiger partial charge in [0.1, 0.15) is 0 Å². The molecule has 0 atom stereocenters. The molecule has 2 aromatic carbocycles. The third-order valence-corrected chi connectivity index (χ3v) is 5.98. The predicted molar refractivity (Wildman–Crippen MR) is 125 cm³/mol. The molecule has 0 aliphatic rings. The Balaban J connectivity index is 2.02. The molecule has 0 fully saturated rings. The Hall–Kier alpha value is -2.80. The first kappa shape index (κ1) is 21.9. The van der Waals surface area contributed by atoms with Crippen molar-refractivity contribution in [1.82, 2.24) is 19.7 Å². The van der Waals surface area contributed by atoms with Crippen molar-refractivity contribution in [3.05, 3.63) is 54.1 Å². The van der Waals surface area contributed by atoms with Crippen molar-refractivity contribution in [2.24, 2.45) is 0 Å². The number of benzene rings is 2. The summed E-state index contributed by atoms with van der Waals surface area (Å²) in [6, 6.07) is 16.6. The monoisotopic (exact) mass is 423 g/mol. The van der Waals surface area contributed by atoms with Gasteiger partial charge in [-0.1, -0.05) is 30.0 Å². The molecule has 0 N–H and O–H groups in total. The number of hydrogen-bond donors (Lipinski definition) is 0. The summed E-state index contributed by atoms with van der Waals surface area (Å²) in [6.45, 7) is 8.32. The van der Waals surface area contributed by atoms with Crippen LogP contribution >= 0.6 is 11.8 Å². The van der Waals surface area contributed by atoms with Crippen LogP contribution in [0.2, 0.25) is 0 Å². The molecule has 0 bridgehead atoms. The van der Waals surface area contributed by atoms with Gasteiger partial charge in [-0.2, -0.15) is 0 Å². The summed E-state index contributed by atoms with van der Waals surface area (Å²) in [7, 11) is 3.52. The lowest BCUT2D eigenvalue weighted by Gasteiger charge is -2.21. The first-order chi connectivity index (χ1) is 14.5. The Labute approximate surface area is 182 Å². The van der Waals surface area contributed by atoms with Crippen LogP contribution in [0.1, 0.15) is 19.4 Å². The molecule has 0 radical (unpaired) electrons. The maximum absolute atomic E-state index is 12.1. The maximum atomic E-state index is 12.1. The molecule has 0 aliphatic carbocycles. The minimum absolute atomic E-state index is 0.0458. The minimum atomic E-state index is 0.0458. The molecule has 0 aliphatic heterocycles. The Morgan fingerprint density at radius 2 is 1.67 bits per heavy atom. The number of amides is 1. The van der Waals surface area contributed by atoms with Gasteiger partial charge < -0.3 is 9.80 Å². The largest absolute Gasteiger partial charge is 0.372 e. The fourth-order valence-corrected chi connectivity index (χ4v) is 4.17. The molecule has 0 spiro atoms. The van der Waals surface area contributed by atoms with Crippen molar-refractivity contribution in [2.75, 3.05) is 37.8 Å². The van der Waals surface area contributed by atoms with Crippen molar-refractivity contribution in [3.63, 3.8) is 0 Å². The number of thioether (sulfide) groups is 1. The van der Waals surface area contributed by atoms with Gasteiger partial charge in [0.05, 0.1) is 11.4 Å². The van der Waals surface area contributed by atoms with Crippen LogP contribution in [-0.4, -0.2) is 58.5 Å². The zero-order valence-corrected chi connectivity index (χ0v) is 19.1. The van der Waals surface area contributed by atoms with Crippen LogP contribution in [-0.2, 0) is 4.79 Å². The molecule has 158 valence electrons. The van der Waals surface area contributed by atoms with E-state index >= 15 is 0 Å². The molecule has 1 heterocycles. The van der Waals surface area contributed by atoms with E-state index in [-0.39, 0.29) is 5.91 Å². The second-order valence-electron chi connectivity index (χ2n) is 7.22. The summed E-state index contributed by atoms with van der Waals surface area (Å²) in [5.74, 6) is 1.14. The first-order valence-corrected chi connectivity index (χ1v) is 11.1. The topological polar surface area (TPSA) is 54.3 Å². The molecule has 30 heavy (non-hydrogen) atoms. The Morgan fingerprint density at radius 3 is 2.27 bits per heavy atom. The summed E-state index contributed by atoms with van der Waals surface area (Å²) in [5.41, 5.74) is 4.33. The van der Waals surface area contributed by atoms with Gasteiger partial charge in [-0.05, 0) is 56.7 Å². The number of para-hydroxylation sites is 1. The molecular weight excluding hydrogens is 394 g/mol. The standard InChI is InChI=1S/C23H29N5OS/c1-6-27(7-2)19-14-12-18(13-15-19)22-24-25-23(30-16-21(29)26(4)5)28(22)20-11-9-8-10-17(20)3/h8-15H,6-7,16H2,1-5H3. The second-order valence-corrected chi connectivity index (χ2v) is 8.17. The summed E-state index contributed by atoms with van der Waals surface area (Å²) < 4.78 is 2.05. The van der Waals surface area contributed by atoms with E-state index in [9.17, 15) is 4.79 Å². The molecular formula is C23H29N5OS. The van der Waals surface area contributed by atoms with Crippen molar-refractivity contribution in [3.8, 4) is 17.1 Å². The Bertz CT molecular complexity index is 993. The zero-order valence-electron chi connectivity index (χ0n) is 18.3. The summed E-state index contributed by atoms with van der Waals surface area (Å²) in [5, 5.41) is 9.63. The highest BCUT2D eigenvalue weighted by Crippen LogP contribution is 2.30. The van der Waals surface area contributed by atoms with Crippen LogP contribution in [0.25, 0.3) is 17.1 Å². The number of aromatic nitrogens is 3. The number of carbonyl (C=O) groups is 1. The van der Waals surface area contributed by atoms with Crippen LogP contribution < -0.4 is 4.90 Å². The molecule has 3 aromatic rings. The van der Waals surface area contributed by atoms with Crippen LogP contribution in [0.4, 0.5) is 5.69 Å². The number of carbonyl (C=O) groups excluding carboxylic acids is 1. The van der Waals surface area contributed by atoms with E-state index in [4.69, 9.17) is 0 Å². The van der Waals surface area contributed by atoms with Crippen molar-refractivity contribution < 1.29 is 4.79 Å². The molecule has 7 heteroatoms. The molecule has 6 nitrogen and oxygen atoms in total. The number of aryl methyl sites for hydroxylation is 1. The van der Waals surface area contributed by atoms with Gasteiger partial charge >= 0.3 is 0 Å². The van der Waals surface area contributed by atoms with Gasteiger partial charge in [0.25, 0.3) is 0 Å². The van der Waals surface area contributed by atoms with E-state index in [1.807, 2.05) is 12.1 Å². The first-order valence-electron chi connectivity index (χ1n) is 10.2. The molecule has 1 aromatic heterocycles. The highest BCUT2D eigenvalue weighted by Gasteiger charge is 2.19. The number of anilines is 1. The third kappa shape index (κ3) is 4.67. The molecule has 0 unspecified atom stereocenters. The van der Waals surface area contributed by atoms with Gasteiger partial charge in [-0.3, -0.25) is 9.36 Å². The number of nitrogens with zero attached hydrogens (tertiary/aromatic N) is 5. The highest BCUT2D eigenvalue weighted by molar-refractivity contribution is 7.99. The van der Waals surface area contributed by atoms with Crippen LogP contribution in [0.15, 0.2) is 53.7 Å². The van der Waals surface area contributed by atoms with E-state index in [2.05, 4.69) is 76.8 Å². The quantitative estimate of drug-likeness (QED) is 0.507. The summed E-state index contributed by atoms with van der Waals surface area (Å²) in [4.78, 5) is 16.0. The fourth-order valence-electron chi connectivity index (χ4n) is 3.25. The van der Waals surface area contributed by atoms with Gasteiger partial charge in [0, 0.05) is 38.4 Å². The van der Waals surface area contributed by atoms with Crippen molar-refractivity contribution in [2.45, 2.75) is 25.9 Å². The average Bonchev–Trinajstić information content (AvgIpc) is 3.17. The van der Waals surface area contributed by atoms with E-state index < -0.39 is 0 Å². The van der Waals surface area contributed by atoms with Crippen molar-refractivity contribution in [1.29, 1.82) is 0 Å². The Kier molecular flexibility index (Phi) is 7.15. The van der Waals surface area contributed by atoms with Crippen LogP contribution in [0, 0.1) is 6.92 Å². The summed E-state index contributed by atoms with van der Waals surface area (Å²) in [6.07, 6.45) is 0. The summed E-state index contributed by atoms with van der Waals surface area (Å²) >= 11 is 1.41. The SMILES string of the molecule is CCN(CC)c1ccc(-c2nnc(SCC(=O)N(C)C)n2-c2ccccc2C)cc1. The van der Waals surface area contributed by atoms with E-state index in [0.29, 0.717) is 10.9 Å². The van der Waals surface area contributed by atoms with Crippen LogP contribution in [0.5, 0.6) is 0 Å². The average molecular weight is 424 g/mol. The minimum Gasteiger partial charge on any atom is -0.372 e. The highest BCUT2D eigenvalue weighted by atomic mass is 32.2. The van der Waals surface area contributed by atoms with E-state index in [1.165, 1.54) is 17.4 Å². The smallest absolute Gasteiger partial charge is 0.232 e.